The van der Waals surface area contributed by atoms with Crippen molar-refractivity contribution in [2.75, 3.05) is 13.1 Å². The van der Waals surface area contributed by atoms with E-state index in [2.05, 4.69) is 42.5 Å². The molecular weight excluding hydrogens is 272 g/mol. The fourth-order valence-electron chi connectivity index (χ4n) is 2.75. The molecule has 1 atom stereocenters. The lowest BCUT2D eigenvalue weighted by Gasteiger charge is -2.25. The normalized spacial score (nSPS) is 15.9. The molecule has 2 nitrogen and oxygen atoms in total. The van der Waals surface area contributed by atoms with E-state index in [0.717, 1.165) is 17.4 Å². The van der Waals surface area contributed by atoms with Crippen LogP contribution < -0.4 is 0 Å². The van der Waals surface area contributed by atoms with Crippen molar-refractivity contribution < 1.29 is 0 Å². The van der Waals surface area contributed by atoms with Crippen molar-refractivity contribution in [2.45, 2.75) is 51.8 Å². The van der Waals surface area contributed by atoms with Crippen molar-refractivity contribution in [3.8, 4) is 0 Å². The van der Waals surface area contributed by atoms with Gasteiger partial charge in [0.05, 0.1) is 5.37 Å². The van der Waals surface area contributed by atoms with Crippen LogP contribution in [0.5, 0.6) is 0 Å². The summed E-state index contributed by atoms with van der Waals surface area (Å²) in [5.41, 5.74) is 3.08. The first-order valence-corrected chi connectivity index (χ1v) is 8.60. The number of nitrogens with zero attached hydrogens (tertiary/aromatic N) is 2. The van der Waals surface area contributed by atoms with E-state index in [9.17, 15) is 0 Å². The largest absolute Gasteiger partial charge is 0.358 e. The predicted molar refractivity (Wildman–Crippen MR) is 88.9 cm³/mol. The van der Waals surface area contributed by atoms with Crippen LogP contribution in [0.4, 0.5) is 0 Å². The monoisotopic (exact) mass is 296 g/mol. The number of aromatic nitrogens is 1. The van der Waals surface area contributed by atoms with Crippen LogP contribution in [0.2, 0.25) is 0 Å². The van der Waals surface area contributed by atoms with E-state index >= 15 is 0 Å². The van der Waals surface area contributed by atoms with Gasteiger partial charge in [0, 0.05) is 25.0 Å². The van der Waals surface area contributed by atoms with Crippen LogP contribution in [0.25, 0.3) is 0 Å². The van der Waals surface area contributed by atoms with Crippen molar-refractivity contribution in [1.29, 1.82) is 0 Å². The number of hydrogen-bond donors (Lipinski definition) is 0. The minimum absolute atomic E-state index is 0.398. The highest BCUT2D eigenvalue weighted by atomic mass is 32.2. The highest BCUT2D eigenvalue weighted by molar-refractivity contribution is 8.22. The second-order valence-corrected chi connectivity index (χ2v) is 7.01. The molecule has 0 saturated carbocycles. The van der Waals surface area contributed by atoms with Crippen molar-refractivity contribution in [2.24, 2.45) is 0 Å². The summed E-state index contributed by atoms with van der Waals surface area (Å²) in [7, 11) is 0. The molecule has 4 heteroatoms. The topological polar surface area (TPSA) is 8.17 Å². The molecule has 0 aromatic carbocycles. The molecule has 0 N–H and O–H groups in total. The van der Waals surface area contributed by atoms with Crippen molar-refractivity contribution in [1.82, 2.24) is 9.47 Å². The van der Waals surface area contributed by atoms with E-state index < -0.39 is 0 Å². The van der Waals surface area contributed by atoms with Gasteiger partial charge in [0.25, 0.3) is 0 Å². The molecule has 1 aliphatic rings. The van der Waals surface area contributed by atoms with Gasteiger partial charge in [0.2, 0.25) is 0 Å². The summed E-state index contributed by atoms with van der Waals surface area (Å²) in [5.74, 6) is 0. The quantitative estimate of drug-likeness (QED) is 0.768. The third-order valence-electron chi connectivity index (χ3n) is 3.91. The van der Waals surface area contributed by atoms with Gasteiger partial charge in [-0.1, -0.05) is 24.0 Å². The first kappa shape index (κ1) is 14.9. The van der Waals surface area contributed by atoms with Crippen LogP contribution in [-0.4, -0.2) is 26.9 Å². The zero-order valence-electron chi connectivity index (χ0n) is 12.2. The minimum atomic E-state index is 0.398. The Balaban J connectivity index is 2.05. The second-order valence-electron chi connectivity index (χ2n) is 5.06. The fourth-order valence-corrected chi connectivity index (χ4v) is 4.43. The van der Waals surface area contributed by atoms with Crippen LogP contribution in [-0.2, 0) is 12.8 Å². The van der Waals surface area contributed by atoms with Gasteiger partial charge in [-0.15, -0.1) is 0 Å². The Kier molecular flexibility index (Phi) is 5.34. The molecule has 1 aliphatic carbocycles. The SMILES string of the molecule is CCN(CC)C(=S)S[C@H](C)n1ccc2c1CCCC2. The van der Waals surface area contributed by atoms with Crippen LogP contribution in [0, 0.1) is 0 Å². The zero-order chi connectivity index (χ0) is 13.8. The molecule has 0 spiro atoms. The first-order valence-electron chi connectivity index (χ1n) is 7.31. The molecule has 0 radical (unpaired) electrons. The van der Waals surface area contributed by atoms with Gasteiger partial charge >= 0.3 is 0 Å². The lowest BCUT2D eigenvalue weighted by Crippen LogP contribution is -2.27. The highest BCUT2D eigenvalue weighted by Crippen LogP contribution is 2.31. The molecule has 0 saturated heterocycles. The zero-order valence-corrected chi connectivity index (χ0v) is 13.8. The number of rotatable bonds is 4. The molecule has 1 heterocycles. The Morgan fingerprint density at radius 2 is 2.05 bits per heavy atom. The molecule has 0 amide bonds. The van der Waals surface area contributed by atoms with E-state index in [1.165, 1.54) is 31.4 Å². The summed E-state index contributed by atoms with van der Waals surface area (Å²) in [4.78, 5) is 2.26. The summed E-state index contributed by atoms with van der Waals surface area (Å²) in [6, 6.07) is 2.30. The number of aryl methyl sites for hydroxylation is 1. The van der Waals surface area contributed by atoms with Gasteiger partial charge < -0.3 is 9.47 Å². The maximum absolute atomic E-state index is 5.55. The average molecular weight is 297 g/mol. The van der Waals surface area contributed by atoms with Gasteiger partial charge in [-0.05, 0) is 58.1 Å². The van der Waals surface area contributed by atoms with Gasteiger partial charge in [-0.3, -0.25) is 0 Å². The lowest BCUT2D eigenvalue weighted by atomic mass is 9.98. The summed E-state index contributed by atoms with van der Waals surface area (Å²) in [5, 5.41) is 0.398. The van der Waals surface area contributed by atoms with E-state index in [1.54, 1.807) is 5.56 Å². The molecule has 0 aliphatic heterocycles. The molecular formula is C15H24N2S2. The Morgan fingerprint density at radius 1 is 1.37 bits per heavy atom. The summed E-state index contributed by atoms with van der Waals surface area (Å²) in [6.45, 7) is 8.59. The molecule has 1 aromatic heterocycles. The van der Waals surface area contributed by atoms with Crippen LogP contribution in [0.15, 0.2) is 12.3 Å². The highest BCUT2D eigenvalue weighted by Gasteiger charge is 2.19. The maximum atomic E-state index is 5.55. The van der Waals surface area contributed by atoms with Crippen LogP contribution in [0.1, 0.15) is 50.2 Å². The summed E-state index contributed by atoms with van der Waals surface area (Å²) >= 11 is 7.36. The average Bonchev–Trinajstić information content (AvgIpc) is 2.84. The number of thiocarbonyl (C=S) groups is 1. The van der Waals surface area contributed by atoms with Gasteiger partial charge in [-0.2, -0.15) is 0 Å². The van der Waals surface area contributed by atoms with Gasteiger partial charge in [-0.25, -0.2) is 0 Å². The van der Waals surface area contributed by atoms with E-state index in [0.29, 0.717) is 5.37 Å². The Labute approximate surface area is 126 Å². The standard InChI is InChI=1S/C15H24N2S2/c1-4-16(5-2)15(18)19-12(3)17-11-10-13-8-6-7-9-14(13)17/h10-12H,4-9H2,1-3H3/t12-/m1/s1. The molecule has 19 heavy (non-hydrogen) atoms. The summed E-state index contributed by atoms with van der Waals surface area (Å²) in [6.07, 6.45) is 7.40. The Morgan fingerprint density at radius 3 is 2.74 bits per heavy atom. The Bertz CT molecular complexity index is 435. The van der Waals surface area contributed by atoms with Gasteiger partial charge in [0.1, 0.15) is 4.32 Å². The van der Waals surface area contributed by atoms with Crippen LogP contribution >= 0.6 is 24.0 Å². The third kappa shape index (κ3) is 3.34. The molecule has 0 fully saturated rings. The smallest absolute Gasteiger partial charge is 0.138 e. The minimum Gasteiger partial charge on any atom is -0.358 e. The van der Waals surface area contributed by atoms with Crippen molar-refractivity contribution in [3.63, 3.8) is 0 Å². The van der Waals surface area contributed by atoms with E-state index in [1.807, 2.05) is 11.8 Å². The third-order valence-corrected chi connectivity index (χ3v) is 5.49. The van der Waals surface area contributed by atoms with E-state index in [-0.39, 0.29) is 0 Å². The molecule has 0 unspecified atom stereocenters. The Hall–Kier alpha value is -0.480. The second kappa shape index (κ2) is 6.80. The number of thioether (sulfide) groups is 1. The maximum Gasteiger partial charge on any atom is 0.138 e. The molecule has 2 rings (SSSR count). The number of hydrogen-bond acceptors (Lipinski definition) is 2. The van der Waals surface area contributed by atoms with E-state index in [4.69, 9.17) is 12.2 Å². The molecule has 106 valence electrons. The van der Waals surface area contributed by atoms with Crippen LogP contribution in [0.3, 0.4) is 0 Å². The molecule has 1 aromatic rings. The summed E-state index contributed by atoms with van der Waals surface area (Å²) < 4.78 is 3.45. The molecule has 0 bridgehead atoms. The lowest BCUT2D eigenvalue weighted by molar-refractivity contribution is 0.481. The first-order chi connectivity index (χ1) is 9.17. The fraction of sp³-hybridized carbons (Fsp3) is 0.667. The van der Waals surface area contributed by atoms with Crippen molar-refractivity contribution >= 4 is 28.3 Å². The number of fused-ring (bicyclic) bond motifs is 1. The van der Waals surface area contributed by atoms with Gasteiger partial charge in [0.15, 0.2) is 0 Å². The predicted octanol–water partition coefficient (Wildman–Crippen LogP) is 4.25. The van der Waals surface area contributed by atoms with Crippen molar-refractivity contribution in [3.05, 3.63) is 23.5 Å².